The third kappa shape index (κ3) is 4.02. The average Bonchev–Trinajstić information content (AvgIpc) is 2.37. The molecule has 0 bridgehead atoms. The van der Waals surface area contributed by atoms with Crippen molar-refractivity contribution in [2.24, 2.45) is 0 Å². The maximum absolute atomic E-state index is 11.9. The van der Waals surface area contributed by atoms with E-state index in [0.717, 1.165) is 17.0 Å². The Bertz CT molecular complexity index is 478. The third-order valence-electron chi connectivity index (χ3n) is 2.11. The maximum Gasteiger partial charge on any atom is 0.327 e. The molecule has 8 heteroatoms. The van der Waals surface area contributed by atoms with Crippen LogP contribution in [0.15, 0.2) is 15.5 Å². The van der Waals surface area contributed by atoms with Gasteiger partial charge in [0.2, 0.25) is 0 Å². The van der Waals surface area contributed by atoms with Crippen molar-refractivity contribution in [2.45, 2.75) is 6.54 Å². The molecule has 0 unspecified atom stereocenters. The first kappa shape index (κ1) is 15.0. The zero-order chi connectivity index (χ0) is 13.5. The van der Waals surface area contributed by atoms with Crippen molar-refractivity contribution in [3.8, 4) is 0 Å². The van der Waals surface area contributed by atoms with E-state index in [0.29, 0.717) is 10.2 Å². The molecule has 1 rings (SSSR count). The lowest BCUT2D eigenvalue weighted by molar-refractivity contribution is -0.141. The summed E-state index contributed by atoms with van der Waals surface area (Å²) in [6.07, 6.45) is 3.51. The molecule has 0 saturated heterocycles. The minimum absolute atomic E-state index is 0.195. The average molecular weight is 336 g/mol. The molecule has 0 saturated carbocycles. The fraction of sp³-hybridized carbons (Fsp3) is 0.500. The number of halogens is 1. The molecule has 0 aliphatic rings. The van der Waals surface area contributed by atoms with Crippen LogP contribution in [0.3, 0.4) is 0 Å². The van der Waals surface area contributed by atoms with Crippen LogP contribution in [0.25, 0.3) is 0 Å². The molecular weight excluding hydrogens is 322 g/mol. The third-order valence-corrected chi connectivity index (χ3v) is 3.49. The van der Waals surface area contributed by atoms with Crippen LogP contribution in [0.5, 0.6) is 0 Å². The molecule has 1 aromatic rings. The molecule has 6 nitrogen and oxygen atoms in total. The van der Waals surface area contributed by atoms with Gasteiger partial charge in [-0.15, -0.1) is 0 Å². The van der Waals surface area contributed by atoms with Crippen LogP contribution in [-0.4, -0.2) is 41.4 Å². The molecule has 0 fully saturated rings. The number of esters is 1. The number of anilines is 1. The summed E-state index contributed by atoms with van der Waals surface area (Å²) in [4.78, 5) is 23.0. The number of nitrogens with zero attached hydrogens (tertiary/aromatic N) is 2. The minimum atomic E-state index is -0.514. The Morgan fingerprint density at radius 2 is 2.39 bits per heavy atom. The van der Waals surface area contributed by atoms with Crippen molar-refractivity contribution in [1.82, 2.24) is 9.78 Å². The number of carbonyl (C=O) groups excluding carboxylic acids is 1. The number of rotatable bonds is 6. The summed E-state index contributed by atoms with van der Waals surface area (Å²) in [5, 5.41) is 7.00. The van der Waals surface area contributed by atoms with Crippen LogP contribution in [0.4, 0.5) is 5.69 Å². The predicted molar refractivity (Wildman–Crippen MR) is 75.1 cm³/mol. The summed E-state index contributed by atoms with van der Waals surface area (Å²) in [7, 11) is 1.26. The number of ether oxygens (including phenoxy) is 1. The van der Waals surface area contributed by atoms with Gasteiger partial charge in [0, 0.05) is 12.3 Å². The molecule has 1 N–H and O–H groups in total. The van der Waals surface area contributed by atoms with E-state index in [1.54, 1.807) is 11.8 Å². The van der Waals surface area contributed by atoms with Gasteiger partial charge in [-0.25, -0.2) is 4.68 Å². The van der Waals surface area contributed by atoms with Crippen LogP contribution in [0, 0.1) is 0 Å². The van der Waals surface area contributed by atoms with E-state index in [9.17, 15) is 9.59 Å². The summed E-state index contributed by atoms with van der Waals surface area (Å²) >= 11 is 4.90. The Labute approximate surface area is 117 Å². The second-order valence-corrected chi connectivity index (χ2v) is 5.11. The van der Waals surface area contributed by atoms with E-state index in [4.69, 9.17) is 0 Å². The molecule has 0 aliphatic carbocycles. The number of hydrogen-bond acceptors (Lipinski definition) is 6. The fourth-order valence-electron chi connectivity index (χ4n) is 1.18. The summed E-state index contributed by atoms with van der Waals surface area (Å²) < 4.78 is 5.90. The molecule has 1 aromatic heterocycles. The van der Waals surface area contributed by atoms with E-state index in [2.05, 4.69) is 31.1 Å². The Kier molecular flexibility index (Phi) is 6.20. The molecule has 0 spiro atoms. The predicted octanol–water partition coefficient (Wildman–Crippen LogP) is 0.954. The van der Waals surface area contributed by atoms with E-state index in [1.807, 2.05) is 6.26 Å². The summed E-state index contributed by atoms with van der Waals surface area (Å²) in [6, 6.07) is 0. The van der Waals surface area contributed by atoms with Gasteiger partial charge in [-0.1, -0.05) is 0 Å². The summed E-state index contributed by atoms with van der Waals surface area (Å²) in [6.45, 7) is 0.543. The smallest absolute Gasteiger partial charge is 0.327 e. The van der Waals surface area contributed by atoms with Gasteiger partial charge in [0.25, 0.3) is 5.56 Å². The molecule has 0 atom stereocenters. The van der Waals surface area contributed by atoms with Gasteiger partial charge < -0.3 is 10.1 Å². The van der Waals surface area contributed by atoms with Crippen molar-refractivity contribution in [3.63, 3.8) is 0 Å². The number of nitrogens with one attached hydrogen (secondary N) is 1. The highest BCUT2D eigenvalue weighted by Gasteiger charge is 2.11. The normalized spacial score (nSPS) is 10.2. The van der Waals surface area contributed by atoms with Gasteiger partial charge >= 0.3 is 5.97 Å². The van der Waals surface area contributed by atoms with Gasteiger partial charge in [0.05, 0.1) is 19.0 Å². The van der Waals surface area contributed by atoms with E-state index in [1.165, 1.54) is 13.3 Å². The van der Waals surface area contributed by atoms with Crippen molar-refractivity contribution < 1.29 is 9.53 Å². The van der Waals surface area contributed by atoms with Gasteiger partial charge in [-0.05, 0) is 22.2 Å². The maximum atomic E-state index is 11.9. The topological polar surface area (TPSA) is 73.2 Å². The van der Waals surface area contributed by atoms with Crippen LogP contribution < -0.4 is 10.9 Å². The molecule has 1 heterocycles. The first-order chi connectivity index (χ1) is 8.60. The quantitative estimate of drug-likeness (QED) is 0.616. The first-order valence-electron chi connectivity index (χ1n) is 5.15. The van der Waals surface area contributed by atoms with E-state index in [-0.39, 0.29) is 12.1 Å². The Hall–Kier alpha value is -1.02. The van der Waals surface area contributed by atoms with Crippen molar-refractivity contribution in [2.75, 3.05) is 31.0 Å². The van der Waals surface area contributed by atoms with Gasteiger partial charge in [-0.2, -0.15) is 16.9 Å². The Balaban J connectivity index is 2.84. The molecule has 0 aromatic carbocycles. The number of methoxy groups -OCH3 is 1. The number of hydrogen-bond donors (Lipinski definition) is 1. The van der Waals surface area contributed by atoms with Gasteiger partial charge in [-0.3, -0.25) is 9.59 Å². The number of aromatic nitrogens is 2. The fourth-order valence-corrected chi connectivity index (χ4v) is 1.93. The summed E-state index contributed by atoms with van der Waals surface area (Å²) in [5.41, 5.74) is 0.254. The van der Waals surface area contributed by atoms with Crippen molar-refractivity contribution in [3.05, 3.63) is 21.0 Å². The monoisotopic (exact) mass is 335 g/mol. The van der Waals surface area contributed by atoms with Crippen LogP contribution in [-0.2, 0) is 16.1 Å². The highest BCUT2D eigenvalue weighted by atomic mass is 79.9. The standard InChI is InChI=1S/C10H14BrN3O3S/c1-17-8(15)6-14-10(16)9(11)7(5-13-14)12-3-4-18-2/h5,12H,3-4,6H2,1-2H3. The van der Waals surface area contributed by atoms with Crippen LogP contribution in [0.1, 0.15) is 0 Å². The second kappa shape index (κ2) is 7.42. The largest absolute Gasteiger partial charge is 0.468 e. The van der Waals surface area contributed by atoms with Crippen molar-refractivity contribution in [1.29, 1.82) is 0 Å². The lowest BCUT2D eigenvalue weighted by Gasteiger charge is -2.09. The van der Waals surface area contributed by atoms with Crippen molar-refractivity contribution >= 4 is 39.3 Å². The molecule has 0 aliphatic heterocycles. The highest BCUT2D eigenvalue weighted by molar-refractivity contribution is 9.10. The zero-order valence-corrected chi connectivity index (χ0v) is 12.5. The summed E-state index contributed by atoms with van der Waals surface area (Å²) in [5.74, 6) is 0.414. The van der Waals surface area contributed by atoms with E-state index >= 15 is 0 Å². The van der Waals surface area contributed by atoms with Gasteiger partial charge in [0.1, 0.15) is 11.0 Å². The Morgan fingerprint density at radius 3 is 3.00 bits per heavy atom. The number of carbonyl (C=O) groups is 1. The lowest BCUT2D eigenvalue weighted by Crippen LogP contribution is -2.28. The number of thioether (sulfide) groups is 1. The lowest BCUT2D eigenvalue weighted by atomic mass is 10.4. The molecule has 100 valence electrons. The highest BCUT2D eigenvalue weighted by Crippen LogP contribution is 2.15. The second-order valence-electron chi connectivity index (χ2n) is 3.33. The van der Waals surface area contributed by atoms with Gasteiger partial charge in [0.15, 0.2) is 0 Å². The molecule has 0 radical (unpaired) electrons. The van der Waals surface area contributed by atoms with Crippen LogP contribution >= 0.6 is 27.7 Å². The Morgan fingerprint density at radius 1 is 1.67 bits per heavy atom. The van der Waals surface area contributed by atoms with Crippen LogP contribution in [0.2, 0.25) is 0 Å². The minimum Gasteiger partial charge on any atom is -0.468 e. The van der Waals surface area contributed by atoms with E-state index < -0.39 is 5.97 Å². The zero-order valence-electron chi connectivity index (χ0n) is 10.1. The molecule has 18 heavy (non-hydrogen) atoms. The first-order valence-corrected chi connectivity index (χ1v) is 7.34. The SMILES string of the molecule is COC(=O)Cn1ncc(NCCSC)c(Br)c1=O. The molecular formula is C10H14BrN3O3S. The molecule has 0 amide bonds.